The number of rotatable bonds is 4. The molecule has 0 amide bonds. The van der Waals surface area contributed by atoms with Crippen molar-refractivity contribution in [2.45, 2.75) is 24.8 Å². The standard InChI is InChI=1S/C14H17N3O2/c1-18-8-12(15)13-16-14(19-17-13)11-6-9-4-2-3-5-10(9)7-11/h2-5,11-12H,6-8,15H2,1H3. The summed E-state index contributed by atoms with van der Waals surface area (Å²) in [6.07, 6.45) is 1.91. The lowest BCUT2D eigenvalue weighted by molar-refractivity contribution is 0.177. The first-order valence-corrected chi connectivity index (χ1v) is 6.42. The summed E-state index contributed by atoms with van der Waals surface area (Å²) in [5.74, 6) is 1.47. The molecule has 1 aliphatic rings. The number of hydrogen-bond donors (Lipinski definition) is 1. The summed E-state index contributed by atoms with van der Waals surface area (Å²) in [5.41, 5.74) is 8.63. The van der Waals surface area contributed by atoms with Gasteiger partial charge in [0.2, 0.25) is 5.89 Å². The Kier molecular flexibility index (Phi) is 3.31. The highest BCUT2D eigenvalue weighted by Gasteiger charge is 2.27. The summed E-state index contributed by atoms with van der Waals surface area (Å²) >= 11 is 0. The summed E-state index contributed by atoms with van der Waals surface area (Å²) in [6.45, 7) is 0.393. The van der Waals surface area contributed by atoms with Crippen LogP contribution in [-0.4, -0.2) is 23.9 Å². The average molecular weight is 259 g/mol. The van der Waals surface area contributed by atoms with E-state index in [1.807, 2.05) is 0 Å². The first-order valence-electron chi connectivity index (χ1n) is 6.42. The van der Waals surface area contributed by atoms with E-state index < -0.39 is 0 Å². The fraction of sp³-hybridized carbons (Fsp3) is 0.429. The third-order valence-electron chi connectivity index (χ3n) is 3.54. The molecule has 1 heterocycles. The predicted octanol–water partition coefficient (Wildman–Crippen LogP) is 1.60. The molecular formula is C14H17N3O2. The van der Waals surface area contributed by atoms with E-state index in [9.17, 15) is 0 Å². The van der Waals surface area contributed by atoms with Crippen LogP contribution in [-0.2, 0) is 17.6 Å². The maximum atomic E-state index is 5.89. The molecule has 1 aliphatic carbocycles. The van der Waals surface area contributed by atoms with Crippen molar-refractivity contribution in [3.05, 3.63) is 47.1 Å². The van der Waals surface area contributed by atoms with Gasteiger partial charge in [0.15, 0.2) is 5.82 Å². The van der Waals surface area contributed by atoms with Crippen molar-refractivity contribution in [2.75, 3.05) is 13.7 Å². The van der Waals surface area contributed by atoms with E-state index in [4.69, 9.17) is 15.0 Å². The van der Waals surface area contributed by atoms with Gasteiger partial charge in [0.25, 0.3) is 0 Å². The highest BCUT2D eigenvalue weighted by atomic mass is 16.5. The van der Waals surface area contributed by atoms with Crippen LogP contribution in [0.15, 0.2) is 28.8 Å². The maximum absolute atomic E-state index is 5.89. The molecule has 0 saturated heterocycles. The van der Waals surface area contributed by atoms with Gasteiger partial charge >= 0.3 is 0 Å². The summed E-state index contributed by atoms with van der Waals surface area (Å²) in [6, 6.07) is 8.11. The predicted molar refractivity (Wildman–Crippen MR) is 69.7 cm³/mol. The molecule has 0 aliphatic heterocycles. The van der Waals surface area contributed by atoms with E-state index in [0.29, 0.717) is 18.3 Å². The molecule has 0 bridgehead atoms. The van der Waals surface area contributed by atoms with Crippen LogP contribution in [0.2, 0.25) is 0 Å². The number of methoxy groups -OCH3 is 1. The van der Waals surface area contributed by atoms with Gasteiger partial charge in [-0.2, -0.15) is 4.98 Å². The minimum absolute atomic E-state index is 0.272. The number of aromatic nitrogens is 2. The van der Waals surface area contributed by atoms with Crippen LogP contribution in [0.4, 0.5) is 0 Å². The lowest BCUT2D eigenvalue weighted by atomic mass is 10.1. The molecule has 19 heavy (non-hydrogen) atoms. The van der Waals surface area contributed by atoms with E-state index >= 15 is 0 Å². The van der Waals surface area contributed by atoms with Crippen LogP contribution >= 0.6 is 0 Å². The van der Waals surface area contributed by atoms with Gasteiger partial charge in [-0.1, -0.05) is 29.4 Å². The second-order valence-corrected chi connectivity index (χ2v) is 4.93. The first kappa shape index (κ1) is 12.3. The molecule has 5 nitrogen and oxygen atoms in total. The summed E-state index contributed by atoms with van der Waals surface area (Å²) in [5, 5.41) is 3.95. The number of nitrogens with zero attached hydrogens (tertiary/aromatic N) is 2. The van der Waals surface area contributed by atoms with Crippen LogP contribution in [0.1, 0.15) is 34.8 Å². The number of hydrogen-bond acceptors (Lipinski definition) is 5. The van der Waals surface area contributed by atoms with Gasteiger partial charge in [-0.25, -0.2) is 0 Å². The third-order valence-corrected chi connectivity index (χ3v) is 3.54. The molecule has 1 aromatic carbocycles. The third kappa shape index (κ3) is 2.39. The normalized spacial score (nSPS) is 16.5. The van der Waals surface area contributed by atoms with Crippen molar-refractivity contribution >= 4 is 0 Å². The molecular weight excluding hydrogens is 242 g/mol. The van der Waals surface area contributed by atoms with Gasteiger partial charge in [-0.3, -0.25) is 0 Å². The Hall–Kier alpha value is -1.72. The molecule has 0 saturated carbocycles. The number of benzene rings is 1. The van der Waals surface area contributed by atoms with E-state index in [2.05, 4.69) is 34.4 Å². The van der Waals surface area contributed by atoms with Crippen molar-refractivity contribution in [3.63, 3.8) is 0 Å². The molecule has 100 valence electrons. The smallest absolute Gasteiger partial charge is 0.230 e. The molecule has 0 fully saturated rings. The minimum atomic E-state index is -0.328. The second kappa shape index (κ2) is 5.11. The quantitative estimate of drug-likeness (QED) is 0.902. The van der Waals surface area contributed by atoms with Crippen molar-refractivity contribution < 1.29 is 9.26 Å². The summed E-state index contributed by atoms with van der Waals surface area (Å²) in [7, 11) is 1.61. The van der Waals surface area contributed by atoms with E-state index in [1.165, 1.54) is 11.1 Å². The molecule has 2 N–H and O–H groups in total. The van der Waals surface area contributed by atoms with Gasteiger partial charge in [-0.15, -0.1) is 0 Å². The molecule has 0 radical (unpaired) electrons. The fourth-order valence-corrected chi connectivity index (χ4v) is 2.55. The van der Waals surface area contributed by atoms with Gasteiger partial charge in [0.1, 0.15) is 0 Å². The highest BCUT2D eigenvalue weighted by Crippen LogP contribution is 2.33. The fourth-order valence-electron chi connectivity index (χ4n) is 2.55. The van der Waals surface area contributed by atoms with Crippen molar-refractivity contribution in [2.24, 2.45) is 5.73 Å². The van der Waals surface area contributed by atoms with Gasteiger partial charge in [0.05, 0.1) is 12.6 Å². The van der Waals surface area contributed by atoms with Crippen molar-refractivity contribution in [3.8, 4) is 0 Å². The van der Waals surface area contributed by atoms with Crippen LogP contribution in [0.3, 0.4) is 0 Å². The average Bonchev–Trinajstić information content (AvgIpc) is 3.05. The maximum Gasteiger partial charge on any atom is 0.230 e. The molecule has 2 aromatic rings. The Balaban J connectivity index is 1.75. The Morgan fingerprint density at radius 2 is 2.05 bits per heavy atom. The monoisotopic (exact) mass is 259 g/mol. The lowest BCUT2D eigenvalue weighted by Gasteiger charge is -2.04. The highest BCUT2D eigenvalue weighted by molar-refractivity contribution is 5.34. The Morgan fingerprint density at radius 3 is 2.68 bits per heavy atom. The number of nitrogens with two attached hydrogens (primary N) is 1. The molecule has 5 heteroatoms. The van der Waals surface area contributed by atoms with Gasteiger partial charge in [-0.05, 0) is 24.0 Å². The Morgan fingerprint density at radius 1 is 1.37 bits per heavy atom. The zero-order valence-corrected chi connectivity index (χ0v) is 10.9. The molecule has 0 spiro atoms. The Bertz CT molecular complexity index is 542. The summed E-state index contributed by atoms with van der Waals surface area (Å²) in [4.78, 5) is 4.41. The second-order valence-electron chi connectivity index (χ2n) is 4.93. The van der Waals surface area contributed by atoms with Crippen LogP contribution in [0, 0.1) is 0 Å². The minimum Gasteiger partial charge on any atom is -0.383 e. The topological polar surface area (TPSA) is 74.2 Å². The zero-order valence-electron chi connectivity index (χ0n) is 10.9. The molecule has 1 atom stereocenters. The van der Waals surface area contributed by atoms with E-state index in [1.54, 1.807) is 7.11 Å². The van der Waals surface area contributed by atoms with E-state index in [0.717, 1.165) is 12.8 Å². The molecule has 1 aromatic heterocycles. The number of fused-ring (bicyclic) bond motifs is 1. The lowest BCUT2D eigenvalue weighted by Crippen LogP contribution is -2.17. The van der Waals surface area contributed by atoms with E-state index in [-0.39, 0.29) is 12.0 Å². The van der Waals surface area contributed by atoms with Gasteiger partial charge in [0, 0.05) is 13.0 Å². The first-order chi connectivity index (χ1) is 9.28. The number of ether oxygens (including phenoxy) is 1. The van der Waals surface area contributed by atoms with Crippen molar-refractivity contribution in [1.29, 1.82) is 0 Å². The van der Waals surface area contributed by atoms with Crippen LogP contribution < -0.4 is 5.73 Å². The summed E-state index contributed by atoms with van der Waals surface area (Å²) < 4.78 is 10.3. The van der Waals surface area contributed by atoms with Crippen LogP contribution in [0.25, 0.3) is 0 Å². The van der Waals surface area contributed by atoms with Gasteiger partial charge < -0.3 is 15.0 Å². The molecule has 1 unspecified atom stereocenters. The van der Waals surface area contributed by atoms with Crippen LogP contribution in [0.5, 0.6) is 0 Å². The molecule has 3 rings (SSSR count). The van der Waals surface area contributed by atoms with Crippen molar-refractivity contribution in [1.82, 2.24) is 10.1 Å². The SMILES string of the molecule is COCC(N)c1noc(C2Cc3ccccc3C2)n1. The largest absolute Gasteiger partial charge is 0.383 e. The Labute approximate surface area is 111 Å². The zero-order chi connectivity index (χ0) is 13.2.